The molecule has 0 bridgehead atoms. The number of methoxy groups -OCH3 is 1. The number of aryl methyl sites for hydroxylation is 2. The summed E-state index contributed by atoms with van der Waals surface area (Å²) in [6, 6.07) is 0.673. The highest BCUT2D eigenvalue weighted by atomic mass is 127. The van der Waals surface area contributed by atoms with Crippen molar-refractivity contribution >= 4 is 29.9 Å². The van der Waals surface area contributed by atoms with Crippen molar-refractivity contribution in [2.75, 3.05) is 13.7 Å². The minimum Gasteiger partial charge on any atom is -0.378 e. The van der Waals surface area contributed by atoms with Gasteiger partial charge in [-0.25, -0.2) is 9.67 Å². The highest BCUT2D eigenvalue weighted by Crippen LogP contribution is 2.51. The van der Waals surface area contributed by atoms with Crippen LogP contribution in [0.4, 0.5) is 0 Å². The molecule has 0 saturated heterocycles. The number of ether oxygens (including phenoxy) is 1. The van der Waals surface area contributed by atoms with Crippen molar-refractivity contribution in [1.29, 1.82) is 0 Å². The molecule has 0 spiro atoms. The quantitative estimate of drug-likeness (QED) is 0.396. The van der Waals surface area contributed by atoms with Crippen LogP contribution in [0, 0.1) is 12.3 Å². The molecule has 1 saturated carbocycles. The summed E-state index contributed by atoms with van der Waals surface area (Å²) in [5.74, 6) is 2.84. The van der Waals surface area contributed by atoms with Crippen LogP contribution in [-0.4, -0.2) is 52.1 Å². The number of hydrogen-bond donors (Lipinski definition) is 2. The molecule has 2 N–H and O–H groups in total. The first-order chi connectivity index (χ1) is 11.8. The van der Waals surface area contributed by atoms with Gasteiger partial charge < -0.3 is 15.4 Å². The van der Waals surface area contributed by atoms with Gasteiger partial charge in [-0.05, 0) is 33.6 Å². The van der Waals surface area contributed by atoms with E-state index in [1.54, 1.807) is 7.11 Å². The van der Waals surface area contributed by atoms with Gasteiger partial charge in [-0.15, -0.1) is 24.0 Å². The van der Waals surface area contributed by atoms with Gasteiger partial charge in [0, 0.05) is 37.6 Å². The Kier molecular flexibility index (Phi) is 6.58. The minimum absolute atomic E-state index is 0. The van der Waals surface area contributed by atoms with Crippen molar-refractivity contribution in [2.24, 2.45) is 10.4 Å². The molecule has 0 radical (unpaired) electrons. The fraction of sp³-hybridized carbons (Fsp3) is 0.833. The second-order valence-corrected chi connectivity index (χ2v) is 8.02. The van der Waals surface area contributed by atoms with Gasteiger partial charge in [0.15, 0.2) is 5.96 Å². The number of halogens is 1. The molecule has 2 heterocycles. The largest absolute Gasteiger partial charge is 0.378 e. The lowest BCUT2D eigenvalue weighted by atomic mass is 9.56. The van der Waals surface area contributed by atoms with Gasteiger partial charge in [0.2, 0.25) is 0 Å². The predicted octanol–water partition coefficient (Wildman–Crippen LogP) is 2.28. The van der Waals surface area contributed by atoms with E-state index in [0.29, 0.717) is 12.1 Å². The van der Waals surface area contributed by atoms with Gasteiger partial charge >= 0.3 is 0 Å². The average molecular weight is 476 g/mol. The molecule has 26 heavy (non-hydrogen) atoms. The summed E-state index contributed by atoms with van der Waals surface area (Å²) in [6.07, 6.45) is 2.99. The van der Waals surface area contributed by atoms with Crippen LogP contribution in [-0.2, 0) is 17.7 Å². The topological polar surface area (TPSA) is 76.4 Å². The van der Waals surface area contributed by atoms with Crippen LogP contribution in [0.1, 0.15) is 52.2 Å². The summed E-state index contributed by atoms with van der Waals surface area (Å²) < 4.78 is 7.76. The van der Waals surface area contributed by atoms with Crippen LogP contribution in [0.2, 0.25) is 0 Å². The molecular weight excluding hydrogens is 443 g/mol. The Hall–Kier alpha value is -0.900. The fourth-order valence-corrected chi connectivity index (χ4v) is 3.92. The maximum absolute atomic E-state index is 5.73. The third-order valence-electron chi connectivity index (χ3n) is 6.21. The zero-order valence-electron chi connectivity index (χ0n) is 16.8. The monoisotopic (exact) mass is 476 g/mol. The average Bonchev–Trinajstić information content (AvgIpc) is 2.93. The number of fused-ring (bicyclic) bond motifs is 1. The zero-order chi connectivity index (χ0) is 18.2. The molecule has 3 atom stereocenters. The fourth-order valence-electron chi connectivity index (χ4n) is 3.92. The van der Waals surface area contributed by atoms with Gasteiger partial charge in [-0.1, -0.05) is 13.8 Å². The van der Waals surface area contributed by atoms with E-state index in [1.165, 1.54) is 0 Å². The molecule has 0 aromatic carbocycles. The first-order valence-corrected chi connectivity index (χ1v) is 9.32. The molecule has 148 valence electrons. The number of aromatic nitrogens is 3. The Bertz CT molecular complexity index is 658. The maximum Gasteiger partial charge on any atom is 0.191 e. The van der Waals surface area contributed by atoms with E-state index in [-0.39, 0.29) is 35.0 Å². The summed E-state index contributed by atoms with van der Waals surface area (Å²) in [6.45, 7) is 12.3. The first kappa shape index (κ1) is 21.4. The van der Waals surface area contributed by atoms with Crippen molar-refractivity contribution in [3.63, 3.8) is 0 Å². The third kappa shape index (κ3) is 3.85. The van der Waals surface area contributed by atoms with E-state index in [1.807, 2.05) is 11.6 Å². The molecule has 1 aromatic heterocycles. The number of nitrogens with one attached hydrogen (secondary N) is 2. The number of rotatable bonds is 4. The highest BCUT2D eigenvalue weighted by Gasteiger charge is 2.58. The highest BCUT2D eigenvalue weighted by molar-refractivity contribution is 14.0. The molecule has 1 fully saturated rings. The number of hydrogen-bond acceptors (Lipinski definition) is 4. The molecule has 3 rings (SSSR count). The summed E-state index contributed by atoms with van der Waals surface area (Å²) >= 11 is 0. The normalized spacial score (nSPS) is 30.0. The molecule has 1 aliphatic carbocycles. The van der Waals surface area contributed by atoms with E-state index in [9.17, 15) is 0 Å². The first-order valence-electron chi connectivity index (χ1n) is 9.32. The van der Waals surface area contributed by atoms with Gasteiger partial charge in [0.25, 0.3) is 0 Å². The molecule has 7 nitrogen and oxygen atoms in total. The molecule has 2 aliphatic rings. The van der Waals surface area contributed by atoms with Gasteiger partial charge in [0.05, 0.1) is 12.1 Å². The lowest BCUT2D eigenvalue weighted by molar-refractivity contribution is -0.176. The van der Waals surface area contributed by atoms with Crippen molar-refractivity contribution < 1.29 is 4.74 Å². The molecule has 1 aromatic rings. The SMILES string of the molecule is CCN=C(NC1CCc2nc(C)nn2C1)NC1CC(C)(OC)C1(C)C.I. The van der Waals surface area contributed by atoms with E-state index in [2.05, 4.69) is 53.4 Å². The van der Waals surface area contributed by atoms with Gasteiger partial charge in [0.1, 0.15) is 11.6 Å². The van der Waals surface area contributed by atoms with Crippen LogP contribution in [0.3, 0.4) is 0 Å². The summed E-state index contributed by atoms with van der Waals surface area (Å²) in [7, 11) is 1.80. The van der Waals surface area contributed by atoms with Crippen molar-refractivity contribution in [3.8, 4) is 0 Å². The van der Waals surface area contributed by atoms with Crippen molar-refractivity contribution in [2.45, 2.75) is 78.1 Å². The van der Waals surface area contributed by atoms with E-state index < -0.39 is 0 Å². The Morgan fingerprint density at radius 1 is 1.35 bits per heavy atom. The van der Waals surface area contributed by atoms with Crippen LogP contribution in [0.25, 0.3) is 0 Å². The third-order valence-corrected chi connectivity index (χ3v) is 6.21. The number of aliphatic imine (C=N–C) groups is 1. The Morgan fingerprint density at radius 2 is 2.08 bits per heavy atom. The van der Waals surface area contributed by atoms with E-state index in [4.69, 9.17) is 4.74 Å². The number of nitrogens with zero attached hydrogens (tertiary/aromatic N) is 4. The van der Waals surface area contributed by atoms with E-state index in [0.717, 1.165) is 50.0 Å². The molecule has 1 aliphatic heterocycles. The Labute approximate surface area is 173 Å². The van der Waals surface area contributed by atoms with Gasteiger partial charge in [-0.3, -0.25) is 4.99 Å². The van der Waals surface area contributed by atoms with Crippen LogP contribution >= 0.6 is 24.0 Å². The lowest BCUT2D eigenvalue weighted by Gasteiger charge is -2.59. The second-order valence-electron chi connectivity index (χ2n) is 8.02. The molecular formula is C18H33IN6O. The second kappa shape index (κ2) is 8.00. The van der Waals surface area contributed by atoms with E-state index >= 15 is 0 Å². The summed E-state index contributed by atoms with van der Waals surface area (Å²) in [5, 5.41) is 11.7. The maximum atomic E-state index is 5.73. The zero-order valence-corrected chi connectivity index (χ0v) is 19.1. The standard InChI is InChI=1S/C18H32N6O.HI/c1-7-19-16(22-14-10-18(5,25-6)17(14,3)4)21-13-8-9-15-20-12(2)23-24(15)11-13;/h13-14H,7-11H2,1-6H3,(H2,19,21,22);1H. The summed E-state index contributed by atoms with van der Waals surface area (Å²) in [4.78, 5) is 9.13. The predicted molar refractivity (Wildman–Crippen MR) is 114 cm³/mol. The Morgan fingerprint density at radius 3 is 2.69 bits per heavy atom. The van der Waals surface area contributed by atoms with Gasteiger partial charge in [-0.2, -0.15) is 5.10 Å². The summed E-state index contributed by atoms with van der Waals surface area (Å²) in [5.41, 5.74) is -0.0271. The Balaban J connectivity index is 0.00000243. The molecule has 8 heteroatoms. The van der Waals surface area contributed by atoms with Crippen LogP contribution in [0.15, 0.2) is 4.99 Å². The van der Waals surface area contributed by atoms with Crippen molar-refractivity contribution in [1.82, 2.24) is 25.4 Å². The number of guanidine groups is 1. The minimum atomic E-state index is -0.0833. The lowest BCUT2D eigenvalue weighted by Crippen LogP contribution is -2.70. The van der Waals surface area contributed by atoms with Crippen LogP contribution in [0.5, 0.6) is 0 Å². The van der Waals surface area contributed by atoms with Crippen molar-refractivity contribution in [3.05, 3.63) is 11.6 Å². The molecule has 3 unspecified atom stereocenters. The smallest absolute Gasteiger partial charge is 0.191 e. The van der Waals surface area contributed by atoms with Crippen LogP contribution < -0.4 is 10.6 Å². The molecule has 0 amide bonds.